The molecule has 1 aliphatic rings. The Morgan fingerprint density at radius 3 is 2.66 bits per heavy atom. The van der Waals surface area contributed by atoms with Crippen molar-refractivity contribution in [3.05, 3.63) is 71.1 Å². The van der Waals surface area contributed by atoms with Gasteiger partial charge in [-0.15, -0.1) is 0 Å². The molecule has 0 bridgehead atoms. The van der Waals surface area contributed by atoms with Gasteiger partial charge in [-0.05, 0) is 54.8 Å². The molecule has 2 aromatic carbocycles. The number of aromatic nitrogens is 1. The molecule has 8 nitrogen and oxygen atoms in total. The zero-order chi connectivity index (χ0) is 27.1. The Bertz CT molecular complexity index is 1270. The number of fused-ring (bicyclic) bond motifs is 1. The van der Waals surface area contributed by atoms with E-state index >= 15 is 0 Å². The highest BCUT2D eigenvalue weighted by Crippen LogP contribution is 2.19. The average molecular weight is 542 g/mol. The fourth-order valence-electron chi connectivity index (χ4n) is 4.43. The first-order valence-corrected chi connectivity index (χ1v) is 13.1. The highest BCUT2D eigenvalue weighted by atomic mass is 35.5. The Labute approximate surface area is 227 Å². The fraction of sp³-hybridized carbons (Fsp3) is 0.393. The van der Waals surface area contributed by atoms with Crippen LogP contribution in [0, 0.1) is 5.82 Å². The number of hydrogen-bond acceptors (Lipinski definition) is 6. The summed E-state index contributed by atoms with van der Waals surface area (Å²) in [5, 5.41) is 4.62. The normalized spacial score (nSPS) is 15.3. The monoisotopic (exact) mass is 541 g/mol. The summed E-state index contributed by atoms with van der Waals surface area (Å²) in [5.41, 5.74) is 0.921. The van der Waals surface area contributed by atoms with Crippen molar-refractivity contribution in [2.24, 2.45) is 0 Å². The van der Waals surface area contributed by atoms with Gasteiger partial charge in [-0.2, -0.15) is 0 Å². The average Bonchev–Trinajstić information content (AvgIpc) is 2.91. The van der Waals surface area contributed by atoms with Crippen LogP contribution < -0.4 is 5.32 Å². The molecule has 1 N–H and O–H groups in total. The van der Waals surface area contributed by atoms with Crippen LogP contribution in [0.1, 0.15) is 12.0 Å². The van der Waals surface area contributed by atoms with Crippen LogP contribution in [0.2, 0.25) is 5.02 Å². The van der Waals surface area contributed by atoms with Gasteiger partial charge in [0.05, 0.1) is 6.04 Å². The maximum Gasteiger partial charge on any atom is 0.412 e. The molecular weight excluding hydrogens is 509 g/mol. The third-order valence-corrected chi connectivity index (χ3v) is 7.26. The van der Waals surface area contributed by atoms with Crippen LogP contribution in [-0.2, 0) is 16.0 Å². The van der Waals surface area contributed by atoms with Gasteiger partial charge in [-0.25, -0.2) is 14.2 Å². The Morgan fingerprint density at radius 1 is 1.13 bits per heavy atom. The van der Waals surface area contributed by atoms with Crippen molar-refractivity contribution in [1.29, 1.82) is 0 Å². The number of piperazine rings is 1. The van der Waals surface area contributed by atoms with Crippen LogP contribution in [0.3, 0.4) is 0 Å². The number of nitrogens with zero attached hydrogens (tertiary/aromatic N) is 4. The van der Waals surface area contributed by atoms with E-state index in [-0.39, 0.29) is 30.2 Å². The van der Waals surface area contributed by atoms with Crippen molar-refractivity contribution in [1.82, 2.24) is 19.7 Å². The lowest BCUT2D eigenvalue weighted by molar-refractivity contribution is -0.133. The number of rotatable bonds is 9. The number of amides is 2. The van der Waals surface area contributed by atoms with E-state index in [4.69, 9.17) is 16.3 Å². The molecule has 0 aliphatic carbocycles. The third kappa shape index (κ3) is 7.63. The number of benzene rings is 2. The molecule has 0 radical (unpaired) electrons. The van der Waals surface area contributed by atoms with Crippen molar-refractivity contribution >= 4 is 40.2 Å². The van der Waals surface area contributed by atoms with Gasteiger partial charge in [0.2, 0.25) is 5.91 Å². The van der Waals surface area contributed by atoms with Gasteiger partial charge < -0.3 is 14.5 Å². The highest BCUT2D eigenvalue weighted by Gasteiger charge is 2.26. The van der Waals surface area contributed by atoms with Gasteiger partial charge in [-0.3, -0.25) is 15.0 Å². The zero-order valence-corrected chi connectivity index (χ0v) is 22.5. The van der Waals surface area contributed by atoms with E-state index in [1.807, 2.05) is 24.3 Å². The number of aryl methyl sites for hydroxylation is 1. The Kier molecular flexibility index (Phi) is 9.49. The number of carbonyl (C=O) groups is 2. The molecule has 0 unspecified atom stereocenters. The molecule has 1 saturated heterocycles. The second kappa shape index (κ2) is 13.0. The minimum absolute atomic E-state index is 0.0225. The lowest BCUT2D eigenvalue weighted by Gasteiger charge is -2.37. The molecule has 1 atom stereocenters. The predicted octanol–water partition coefficient (Wildman–Crippen LogP) is 4.28. The number of pyridine rings is 1. The van der Waals surface area contributed by atoms with Crippen LogP contribution in [-0.4, -0.2) is 91.2 Å². The molecule has 1 aromatic heterocycles. The van der Waals surface area contributed by atoms with Crippen molar-refractivity contribution in [3.63, 3.8) is 0 Å². The maximum absolute atomic E-state index is 13.6. The van der Waals surface area contributed by atoms with Crippen LogP contribution in [0.25, 0.3) is 10.8 Å². The van der Waals surface area contributed by atoms with E-state index in [9.17, 15) is 14.0 Å². The van der Waals surface area contributed by atoms with Crippen molar-refractivity contribution in [3.8, 4) is 0 Å². The van der Waals surface area contributed by atoms with E-state index in [0.29, 0.717) is 29.8 Å². The topological polar surface area (TPSA) is 78.0 Å². The summed E-state index contributed by atoms with van der Waals surface area (Å²) in [6.45, 7) is 4.23. The number of halogens is 2. The second-order valence-electron chi connectivity index (χ2n) is 9.64. The summed E-state index contributed by atoms with van der Waals surface area (Å²) in [5.74, 6) is -0.162. The quantitative estimate of drug-likeness (QED) is 0.436. The number of ether oxygens (including phenoxy) is 1. The van der Waals surface area contributed by atoms with Crippen LogP contribution in [0.5, 0.6) is 0 Å². The minimum atomic E-state index is -0.687. The number of carbonyl (C=O) groups excluding carboxylic acids is 2. The summed E-state index contributed by atoms with van der Waals surface area (Å²) < 4.78 is 19.1. The van der Waals surface area contributed by atoms with Crippen LogP contribution in [0.15, 0.2) is 54.7 Å². The molecule has 4 rings (SSSR count). The summed E-state index contributed by atoms with van der Waals surface area (Å²) in [6.07, 6.45) is 1.70. The summed E-state index contributed by atoms with van der Waals surface area (Å²) in [4.78, 5) is 36.1. The standard InChI is InChI=1S/C28H33ClFN5O3/c1-33-11-13-35(14-12-33)18-24(34(2)27(36)10-8-20-5-3-4-6-25(20)29)19-38-28(37)32-26-16-22-15-23(30)9-7-21(22)17-31-26/h3-7,9,15-17,24H,8,10-14,18-19H2,1-2H3,(H,31,32,37)/t24-/m0/s1. The molecular formula is C28H33ClFN5O3. The van der Waals surface area contributed by atoms with Gasteiger partial charge in [-0.1, -0.05) is 29.8 Å². The van der Waals surface area contributed by atoms with Gasteiger partial charge in [0, 0.05) is 62.8 Å². The number of hydrogen-bond donors (Lipinski definition) is 1. The first-order chi connectivity index (χ1) is 18.3. The smallest absolute Gasteiger partial charge is 0.412 e. The molecule has 2 amide bonds. The fourth-order valence-corrected chi connectivity index (χ4v) is 4.66. The molecule has 38 heavy (non-hydrogen) atoms. The Morgan fingerprint density at radius 2 is 1.89 bits per heavy atom. The van der Waals surface area contributed by atoms with Crippen molar-refractivity contribution in [2.75, 3.05) is 58.7 Å². The van der Waals surface area contributed by atoms with Gasteiger partial charge in [0.25, 0.3) is 0 Å². The predicted molar refractivity (Wildman–Crippen MR) is 147 cm³/mol. The van der Waals surface area contributed by atoms with Crippen molar-refractivity contribution < 1.29 is 18.7 Å². The third-order valence-electron chi connectivity index (χ3n) is 6.89. The van der Waals surface area contributed by atoms with Crippen LogP contribution >= 0.6 is 11.6 Å². The lowest BCUT2D eigenvalue weighted by atomic mass is 10.1. The highest BCUT2D eigenvalue weighted by molar-refractivity contribution is 6.31. The molecule has 1 fully saturated rings. The van der Waals surface area contributed by atoms with Gasteiger partial charge >= 0.3 is 6.09 Å². The molecule has 0 saturated carbocycles. The molecule has 1 aliphatic heterocycles. The molecule has 10 heteroatoms. The SMILES string of the molecule is CN1CCN(C[C@@H](COC(=O)Nc2cc3cc(F)ccc3cn2)N(C)C(=O)CCc2ccccc2Cl)CC1. The minimum Gasteiger partial charge on any atom is -0.447 e. The summed E-state index contributed by atoms with van der Waals surface area (Å²) in [6, 6.07) is 13.1. The zero-order valence-electron chi connectivity index (χ0n) is 21.7. The first-order valence-electron chi connectivity index (χ1n) is 12.7. The molecule has 2 heterocycles. The second-order valence-corrected chi connectivity index (χ2v) is 10.0. The van der Waals surface area contributed by atoms with E-state index in [1.54, 1.807) is 30.3 Å². The molecule has 3 aromatic rings. The van der Waals surface area contributed by atoms with E-state index in [2.05, 4.69) is 27.1 Å². The van der Waals surface area contributed by atoms with Crippen LogP contribution in [0.4, 0.5) is 15.0 Å². The summed E-state index contributed by atoms with van der Waals surface area (Å²) >= 11 is 6.26. The Hall–Kier alpha value is -3.27. The maximum atomic E-state index is 13.6. The molecule has 0 spiro atoms. The number of anilines is 1. The van der Waals surface area contributed by atoms with Gasteiger partial charge in [0.1, 0.15) is 18.2 Å². The molecule has 202 valence electrons. The lowest BCUT2D eigenvalue weighted by Crippen LogP contribution is -2.52. The summed E-state index contributed by atoms with van der Waals surface area (Å²) in [7, 11) is 3.83. The largest absolute Gasteiger partial charge is 0.447 e. The number of nitrogens with one attached hydrogen (secondary N) is 1. The van der Waals surface area contributed by atoms with E-state index < -0.39 is 6.09 Å². The van der Waals surface area contributed by atoms with E-state index in [0.717, 1.165) is 37.1 Å². The van der Waals surface area contributed by atoms with Crippen molar-refractivity contribution in [2.45, 2.75) is 18.9 Å². The Balaban J connectivity index is 1.38. The first kappa shape index (κ1) is 27.8. The van der Waals surface area contributed by atoms with Gasteiger partial charge in [0.15, 0.2) is 0 Å². The number of likely N-dealkylation sites (N-methyl/N-ethyl adjacent to an activating group) is 2. The van der Waals surface area contributed by atoms with E-state index in [1.165, 1.54) is 12.1 Å².